The number of carbonyl (C=O) groups excluding carboxylic acids is 2. The van der Waals surface area contributed by atoms with Gasteiger partial charge in [0.25, 0.3) is 11.7 Å². The minimum absolute atomic E-state index is 0.0815. The number of benzene rings is 3. The molecule has 3 aromatic carbocycles. The van der Waals surface area contributed by atoms with Crippen molar-refractivity contribution in [1.29, 1.82) is 0 Å². The molecule has 1 atom stereocenters. The van der Waals surface area contributed by atoms with E-state index in [9.17, 15) is 14.7 Å². The number of carbonyl (C=O) groups is 2. The molecule has 1 N–H and O–H groups in total. The van der Waals surface area contributed by atoms with Gasteiger partial charge >= 0.3 is 0 Å². The molecule has 3 aromatic rings. The quantitative estimate of drug-likeness (QED) is 0.311. The van der Waals surface area contributed by atoms with Crippen molar-refractivity contribution >= 4 is 23.1 Å². The van der Waals surface area contributed by atoms with Gasteiger partial charge in [-0.1, -0.05) is 62.4 Å². The van der Waals surface area contributed by atoms with Crippen LogP contribution >= 0.6 is 0 Å². The van der Waals surface area contributed by atoms with E-state index in [2.05, 4.69) is 0 Å². The van der Waals surface area contributed by atoms with Gasteiger partial charge in [0, 0.05) is 11.3 Å². The molecule has 1 saturated heterocycles. The predicted molar refractivity (Wildman–Crippen MR) is 129 cm³/mol. The molecule has 5 nitrogen and oxygen atoms in total. The second-order valence-electron chi connectivity index (χ2n) is 8.48. The van der Waals surface area contributed by atoms with Crippen molar-refractivity contribution in [3.8, 4) is 5.75 Å². The summed E-state index contributed by atoms with van der Waals surface area (Å²) >= 11 is 0. The molecule has 0 saturated carbocycles. The maximum Gasteiger partial charge on any atom is 0.300 e. The summed E-state index contributed by atoms with van der Waals surface area (Å²) in [6.45, 7) is 5.93. The van der Waals surface area contributed by atoms with E-state index in [1.807, 2.05) is 81.4 Å². The summed E-state index contributed by atoms with van der Waals surface area (Å²) in [4.78, 5) is 28.0. The molecule has 1 fully saturated rings. The Labute approximate surface area is 193 Å². The Bertz CT molecular complexity index is 1230. The van der Waals surface area contributed by atoms with Crippen molar-refractivity contribution < 1.29 is 19.4 Å². The molecule has 1 amide bonds. The lowest BCUT2D eigenvalue weighted by Gasteiger charge is -2.25. The fourth-order valence-corrected chi connectivity index (χ4v) is 4.36. The van der Waals surface area contributed by atoms with E-state index < -0.39 is 17.7 Å². The van der Waals surface area contributed by atoms with Gasteiger partial charge in [-0.3, -0.25) is 14.5 Å². The van der Waals surface area contributed by atoms with E-state index >= 15 is 0 Å². The maximum atomic E-state index is 13.3. The third kappa shape index (κ3) is 3.91. The van der Waals surface area contributed by atoms with Crippen LogP contribution in [0.5, 0.6) is 5.75 Å². The zero-order chi connectivity index (χ0) is 23.7. The molecule has 1 heterocycles. The number of Topliss-reactive ketones (excluding diaryl/α,β-unsaturated/α-hetero) is 1. The summed E-state index contributed by atoms with van der Waals surface area (Å²) < 4.78 is 5.52. The van der Waals surface area contributed by atoms with Crippen LogP contribution in [-0.4, -0.2) is 23.9 Å². The average Bonchev–Trinajstić information content (AvgIpc) is 3.09. The lowest BCUT2D eigenvalue weighted by Crippen LogP contribution is -2.29. The summed E-state index contributed by atoms with van der Waals surface area (Å²) in [7, 11) is 1.61. The smallest absolute Gasteiger partial charge is 0.300 e. The van der Waals surface area contributed by atoms with Gasteiger partial charge in [-0.15, -0.1) is 0 Å². The maximum absolute atomic E-state index is 13.3. The summed E-state index contributed by atoms with van der Waals surface area (Å²) in [5.41, 5.74) is 3.62. The van der Waals surface area contributed by atoms with E-state index in [4.69, 9.17) is 4.74 Å². The second kappa shape index (κ2) is 8.94. The molecular formula is C28H27NO4. The number of para-hydroxylation sites is 1. The molecule has 33 heavy (non-hydrogen) atoms. The Morgan fingerprint density at radius 1 is 0.970 bits per heavy atom. The number of rotatable bonds is 5. The third-order valence-electron chi connectivity index (χ3n) is 6.05. The topological polar surface area (TPSA) is 66.8 Å². The number of amides is 1. The molecule has 4 rings (SSSR count). The number of nitrogens with zero attached hydrogens (tertiary/aromatic N) is 1. The Kier molecular flexibility index (Phi) is 6.05. The standard InChI is InChI=1S/C28H27NO4/c1-17(2)21-16-22(18(3)15-23(21)33-4)26(30)24-25(19-11-7-5-8-12-19)29(28(32)27(24)31)20-13-9-6-10-14-20/h5-17,25,30H,1-4H3/b26-24+. The first-order valence-corrected chi connectivity index (χ1v) is 10.9. The van der Waals surface area contributed by atoms with Gasteiger partial charge in [0.2, 0.25) is 0 Å². The van der Waals surface area contributed by atoms with Gasteiger partial charge in [-0.05, 0) is 53.8 Å². The van der Waals surface area contributed by atoms with Crippen LogP contribution in [0.3, 0.4) is 0 Å². The van der Waals surface area contributed by atoms with Crippen LogP contribution in [0.1, 0.15) is 48.1 Å². The predicted octanol–water partition coefficient (Wildman–Crippen LogP) is 5.75. The lowest BCUT2D eigenvalue weighted by molar-refractivity contribution is -0.132. The number of ether oxygens (including phenoxy) is 1. The number of hydrogen-bond donors (Lipinski definition) is 1. The van der Waals surface area contributed by atoms with E-state index in [0.29, 0.717) is 11.3 Å². The van der Waals surface area contributed by atoms with Gasteiger partial charge < -0.3 is 9.84 Å². The Hall–Kier alpha value is -3.86. The number of anilines is 1. The normalized spacial score (nSPS) is 17.6. The molecule has 0 aromatic heterocycles. The van der Waals surface area contributed by atoms with Gasteiger partial charge in [-0.2, -0.15) is 0 Å². The minimum Gasteiger partial charge on any atom is -0.507 e. The monoisotopic (exact) mass is 441 g/mol. The van der Waals surface area contributed by atoms with E-state index in [1.54, 1.807) is 19.2 Å². The third-order valence-corrected chi connectivity index (χ3v) is 6.05. The first-order chi connectivity index (χ1) is 15.8. The van der Waals surface area contributed by atoms with Crippen molar-refractivity contribution in [3.05, 3.63) is 101 Å². The fourth-order valence-electron chi connectivity index (χ4n) is 4.36. The van der Waals surface area contributed by atoms with E-state index in [0.717, 1.165) is 22.4 Å². The van der Waals surface area contributed by atoms with Gasteiger partial charge in [0.1, 0.15) is 11.5 Å². The molecule has 1 unspecified atom stereocenters. The van der Waals surface area contributed by atoms with Crippen LogP contribution in [0.15, 0.2) is 78.4 Å². The zero-order valence-electron chi connectivity index (χ0n) is 19.2. The van der Waals surface area contributed by atoms with Crippen molar-refractivity contribution in [2.24, 2.45) is 0 Å². The molecule has 5 heteroatoms. The summed E-state index contributed by atoms with van der Waals surface area (Å²) in [5, 5.41) is 11.5. The molecule has 168 valence electrons. The Morgan fingerprint density at radius 3 is 2.15 bits per heavy atom. The highest BCUT2D eigenvalue weighted by Crippen LogP contribution is 2.43. The fraction of sp³-hybridized carbons (Fsp3) is 0.214. The number of aryl methyl sites for hydroxylation is 1. The van der Waals surface area contributed by atoms with Crippen LogP contribution in [0, 0.1) is 6.92 Å². The van der Waals surface area contributed by atoms with Crippen molar-refractivity contribution in [3.63, 3.8) is 0 Å². The molecule has 0 aliphatic carbocycles. The number of methoxy groups -OCH3 is 1. The Morgan fingerprint density at radius 2 is 1.58 bits per heavy atom. The van der Waals surface area contributed by atoms with Crippen LogP contribution in [0.25, 0.3) is 5.76 Å². The lowest BCUT2D eigenvalue weighted by atomic mass is 9.91. The SMILES string of the molecule is COc1cc(C)c(/C(O)=C2\C(=O)C(=O)N(c3ccccc3)C2c2ccccc2)cc1C(C)C. The van der Waals surface area contributed by atoms with Crippen LogP contribution in [-0.2, 0) is 9.59 Å². The number of hydrogen-bond acceptors (Lipinski definition) is 4. The van der Waals surface area contributed by atoms with Crippen molar-refractivity contribution in [2.45, 2.75) is 32.7 Å². The first kappa shape index (κ1) is 22.3. The highest BCUT2D eigenvalue weighted by atomic mass is 16.5. The minimum atomic E-state index is -0.738. The Balaban J connectivity index is 1.97. The van der Waals surface area contributed by atoms with Gasteiger partial charge in [0.15, 0.2) is 0 Å². The first-order valence-electron chi connectivity index (χ1n) is 10.9. The average molecular weight is 442 g/mol. The van der Waals surface area contributed by atoms with E-state index in [-0.39, 0.29) is 17.3 Å². The molecule has 1 aliphatic heterocycles. The van der Waals surface area contributed by atoms with Gasteiger partial charge in [0.05, 0.1) is 18.7 Å². The van der Waals surface area contributed by atoms with Crippen molar-refractivity contribution in [1.82, 2.24) is 0 Å². The van der Waals surface area contributed by atoms with Crippen LogP contribution < -0.4 is 9.64 Å². The molecule has 0 radical (unpaired) electrons. The van der Waals surface area contributed by atoms with E-state index in [1.165, 1.54) is 4.90 Å². The molecule has 0 bridgehead atoms. The number of aliphatic hydroxyl groups is 1. The summed E-state index contributed by atoms with van der Waals surface area (Å²) in [5.74, 6) is -0.673. The second-order valence-corrected chi connectivity index (χ2v) is 8.48. The molecule has 0 spiro atoms. The van der Waals surface area contributed by atoms with Crippen LogP contribution in [0.2, 0.25) is 0 Å². The zero-order valence-corrected chi connectivity index (χ0v) is 19.2. The van der Waals surface area contributed by atoms with Gasteiger partial charge in [-0.25, -0.2) is 0 Å². The summed E-state index contributed by atoms with van der Waals surface area (Å²) in [6, 6.07) is 21.4. The highest BCUT2D eigenvalue weighted by molar-refractivity contribution is 6.51. The van der Waals surface area contributed by atoms with Crippen LogP contribution in [0.4, 0.5) is 5.69 Å². The molecule has 1 aliphatic rings. The molecular weight excluding hydrogens is 414 g/mol. The number of ketones is 1. The summed E-state index contributed by atoms with van der Waals surface area (Å²) in [6.07, 6.45) is 0. The largest absolute Gasteiger partial charge is 0.507 e. The highest BCUT2D eigenvalue weighted by Gasteiger charge is 2.47. The number of aliphatic hydroxyl groups excluding tert-OH is 1. The van der Waals surface area contributed by atoms with Crippen molar-refractivity contribution in [2.75, 3.05) is 12.0 Å².